The molecule has 0 spiro atoms. The van der Waals surface area contributed by atoms with Crippen LogP contribution in [0.5, 0.6) is 0 Å². The van der Waals surface area contributed by atoms with Crippen molar-refractivity contribution in [1.82, 2.24) is 14.8 Å². The molecule has 1 unspecified atom stereocenters. The van der Waals surface area contributed by atoms with Gasteiger partial charge in [0.15, 0.2) is 0 Å². The van der Waals surface area contributed by atoms with Gasteiger partial charge in [-0.2, -0.15) is 0 Å². The van der Waals surface area contributed by atoms with E-state index in [0.717, 1.165) is 5.56 Å². The van der Waals surface area contributed by atoms with Gasteiger partial charge in [-0.3, -0.25) is 14.3 Å². The largest absolute Gasteiger partial charge is 0.360 e. The number of nitrogens with zero attached hydrogens (tertiary/aromatic N) is 2. The van der Waals surface area contributed by atoms with Crippen molar-refractivity contribution in [3.05, 3.63) is 41.7 Å². The van der Waals surface area contributed by atoms with Gasteiger partial charge in [0.25, 0.3) is 5.91 Å². The van der Waals surface area contributed by atoms with Gasteiger partial charge < -0.3 is 9.42 Å². The number of nitrogens with one attached hydrogen (secondary N) is 1. The number of likely N-dealkylation sites (tertiary alicyclic amines) is 1. The van der Waals surface area contributed by atoms with E-state index in [0.29, 0.717) is 36.4 Å². The van der Waals surface area contributed by atoms with Crippen LogP contribution in [0, 0.1) is 12.3 Å². The number of benzene rings is 1. The second-order valence-electron chi connectivity index (χ2n) is 7.62. The normalized spacial score (nSPS) is 19.3. The van der Waals surface area contributed by atoms with Crippen molar-refractivity contribution in [3.63, 3.8) is 0 Å². The van der Waals surface area contributed by atoms with Gasteiger partial charge in [-0.1, -0.05) is 42.4 Å². The SMILES string of the molecule is CCCS(=O)(=O)NC(=O)C1(C)CCN(C(=O)c2c(-c3ccccc3)noc2C)C1. The molecule has 1 aromatic heterocycles. The molecule has 8 nitrogen and oxygen atoms in total. The summed E-state index contributed by atoms with van der Waals surface area (Å²) in [5, 5.41) is 4.04. The highest BCUT2D eigenvalue weighted by Gasteiger charge is 2.44. The Morgan fingerprint density at radius 3 is 2.62 bits per heavy atom. The Bertz CT molecular complexity index is 1020. The fourth-order valence-electron chi connectivity index (χ4n) is 3.48. The van der Waals surface area contributed by atoms with Crippen molar-refractivity contribution in [2.45, 2.75) is 33.6 Å². The summed E-state index contributed by atoms with van der Waals surface area (Å²) in [4.78, 5) is 27.4. The van der Waals surface area contributed by atoms with Crippen LogP contribution in [0.15, 0.2) is 34.9 Å². The standard InChI is InChI=1S/C20H25N3O5S/c1-4-12-29(26,27)22-19(25)20(3)10-11-23(13-20)18(24)16-14(2)28-21-17(16)15-8-6-5-7-9-15/h5-9H,4,10-13H2,1-3H3,(H,22,25). The molecule has 1 atom stereocenters. The lowest BCUT2D eigenvalue weighted by molar-refractivity contribution is -0.127. The summed E-state index contributed by atoms with van der Waals surface area (Å²) in [6.45, 7) is 5.54. The van der Waals surface area contributed by atoms with Gasteiger partial charge in [-0.15, -0.1) is 0 Å². The minimum absolute atomic E-state index is 0.113. The summed E-state index contributed by atoms with van der Waals surface area (Å²) in [6, 6.07) is 9.25. The van der Waals surface area contributed by atoms with E-state index in [9.17, 15) is 18.0 Å². The van der Waals surface area contributed by atoms with Crippen LogP contribution < -0.4 is 4.72 Å². The van der Waals surface area contributed by atoms with Crippen LogP contribution in [0.4, 0.5) is 0 Å². The van der Waals surface area contributed by atoms with Gasteiger partial charge in [0, 0.05) is 18.7 Å². The Kier molecular flexibility index (Phi) is 5.79. The first-order chi connectivity index (χ1) is 13.7. The summed E-state index contributed by atoms with van der Waals surface area (Å²) in [5.74, 6) is -0.572. The molecule has 1 aliphatic rings. The van der Waals surface area contributed by atoms with Crippen molar-refractivity contribution < 1.29 is 22.5 Å². The smallest absolute Gasteiger partial charge is 0.259 e. The van der Waals surface area contributed by atoms with E-state index in [-0.39, 0.29) is 18.2 Å². The molecular formula is C20H25N3O5S. The van der Waals surface area contributed by atoms with E-state index in [1.54, 1.807) is 25.7 Å². The number of hydrogen-bond acceptors (Lipinski definition) is 6. The molecule has 9 heteroatoms. The molecule has 1 aromatic carbocycles. The number of amides is 2. The van der Waals surface area contributed by atoms with E-state index in [1.807, 2.05) is 30.3 Å². The topological polar surface area (TPSA) is 110 Å². The fraction of sp³-hybridized carbons (Fsp3) is 0.450. The molecule has 2 heterocycles. The predicted molar refractivity (Wildman–Crippen MR) is 108 cm³/mol. The first-order valence-corrected chi connectivity index (χ1v) is 11.2. The number of aryl methyl sites for hydroxylation is 1. The number of aromatic nitrogens is 1. The Morgan fingerprint density at radius 2 is 1.97 bits per heavy atom. The van der Waals surface area contributed by atoms with Gasteiger partial charge in [-0.25, -0.2) is 8.42 Å². The Balaban J connectivity index is 1.80. The van der Waals surface area contributed by atoms with Crippen LogP contribution in [0.2, 0.25) is 0 Å². The lowest BCUT2D eigenvalue weighted by Gasteiger charge is -2.23. The average molecular weight is 420 g/mol. The van der Waals surface area contributed by atoms with Crippen molar-refractivity contribution >= 4 is 21.8 Å². The highest BCUT2D eigenvalue weighted by Crippen LogP contribution is 2.33. The summed E-state index contributed by atoms with van der Waals surface area (Å²) >= 11 is 0. The van der Waals surface area contributed by atoms with E-state index in [4.69, 9.17) is 4.52 Å². The molecular weight excluding hydrogens is 394 g/mol. The number of carbonyl (C=O) groups excluding carboxylic acids is 2. The predicted octanol–water partition coefficient (Wildman–Crippen LogP) is 2.36. The van der Waals surface area contributed by atoms with Gasteiger partial charge in [-0.05, 0) is 26.7 Å². The van der Waals surface area contributed by atoms with Crippen LogP contribution >= 0.6 is 0 Å². The summed E-state index contributed by atoms with van der Waals surface area (Å²) < 4.78 is 31.3. The summed E-state index contributed by atoms with van der Waals surface area (Å²) in [7, 11) is -3.66. The molecule has 156 valence electrons. The zero-order valence-corrected chi connectivity index (χ0v) is 17.6. The Hall–Kier alpha value is -2.68. The number of hydrogen-bond donors (Lipinski definition) is 1. The average Bonchev–Trinajstić information content (AvgIpc) is 3.25. The molecule has 0 radical (unpaired) electrons. The molecule has 2 aromatic rings. The van der Waals surface area contributed by atoms with Crippen LogP contribution in [0.25, 0.3) is 11.3 Å². The summed E-state index contributed by atoms with van der Waals surface area (Å²) in [6.07, 6.45) is 0.788. The van der Waals surface area contributed by atoms with Crippen molar-refractivity contribution in [3.8, 4) is 11.3 Å². The van der Waals surface area contributed by atoms with E-state index >= 15 is 0 Å². The minimum atomic E-state index is -3.66. The van der Waals surface area contributed by atoms with Crippen molar-refractivity contribution in [2.75, 3.05) is 18.8 Å². The summed E-state index contributed by atoms with van der Waals surface area (Å²) in [5.41, 5.74) is 0.600. The molecule has 0 bridgehead atoms. The highest BCUT2D eigenvalue weighted by atomic mass is 32.2. The second-order valence-corrected chi connectivity index (χ2v) is 9.46. The lowest BCUT2D eigenvalue weighted by Crippen LogP contribution is -2.44. The molecule has 1 saturated heterocycles. The van der Waals surface area contributed by atoms with E-state index < -0.39 is 21.3 Å². The van der Waals surface area contributed by atoms with Crippen LogP contribution in [-0.4, -0.2) is 49.1 Å². The maximum Gasteiger partial charge on any atom is 0.259 e. The minimum Gasteiger partial charge on any atom is -0.360 e. The quantitative estimate of drug-likeness (QED) is 0.770. The monoisotopic (exact) mass is 419 g/mol. The third kappa shape index (κ3) is 4.34. The molecule has 0 saturated carbocycles. The first-order valence-electron chi connectivity index (χ1n) is 9.53. The molecule has 3 rings (SSSR count). The maximum atomic E-state index is 13.2. The Labute approximate surface area is 170 Å². The van der Waals surface area contributed by atoms with Gasteiger partial charge in [0.1, 0.15) is 17.0 Å². The number of carbonyl (C=O) groups is 2. The van der Waals surface area contributed by atoms with Gasteiger partial charge >= 0.3 is 0 Å². The van der Waals surface area contributed by atoms with Crippen molar-refractivity contribution in [1.29, 1.82) is 0 Å². The van der Waals surface area contributed by atoms with E-state index in [1.165, 1.54) is 0 Å². The molecule has 1 aliphatic heterocycles. The fourth-order valence-corrected chi connectivity index (χ4v) is 4.65. The Morgan fingerprint density at radius 1 is 1.28 bits per heavy atom. The third-order valence-corrected chi connectivity index (χ3v) is 6.60. The molecule has 1 N–H and O–H groups in total. The highest BCUT2D eigenvalue weighted by molar-refractivity contribution is 7.90. The second kappa shape index (κ2) is 7.98. The molecule has 0 aliphatic carbocycles. The molecule has 2 amide bonds. The van der Waals surface area contributed by atoms with Crippen LogP contribution in [-0.2, 0) is 14.8 Å². The van der Waals surface area contributed by atoms with Gasteiger partial charge in [0.2, 0.25) is 15.9 Å². The van der Waals surface area contributed by atoms with E-state index in [2.05, 4.69) is 9.88 Å². The number of sulfonamides is 1. The van der Waals surface area contributed by atoms with Crippen LogP contribution in [0.3, 0.4) is 0 Å². The molecule has 1 fully saturated rings. The molecule has 29 heavy (non-hydrogen) atoms. The third-order valence-electron chi connectivity index (χ3n) is 5.15. The number of rotatable bonds is 6. The first kappa shape index (κ1) is 21.0. The zero-order chi connectivity index (χ0) is 21.2. The van der Waals surface area contributed by atoms with Gasteiger partial charge in [0.05, 0.1) is 11.2 Å². The van der Waals surface area contributed by atoms with Crippen molar-refractivity contribution in [2.24, 2.45) is 5.41 Å². The lowest BCUT2D eigenvalue weighted by atomic mass is 9.89. The van der Waals surface area contributed by atoms with Crippen LogP contribution in [0.1, 0.15) is 42.8 Å². The maximum absolute atomic E-state index is 13.2. The zero-order valence-electron chi connectivity index (χ0n) is 16.8.